The molecule has 1 aromatic carbocycles. The first kappa shape index (κ1) is 17.0. The third-order valence-corrected chi connectivity index (χ3v) is 4.61. The van der Waals surface area contributed by atoms with Gasteiger partial charge in [0.25, 0.3) is 5.91 Å². The van der Waals surface area contributed by atoms with Gasteiger partial charge in [0.2, 0.25) is 0 Å². The van der Waals surface area contributed by atoms with Crippen molar-refractivity contribution < 1.29 is 4.79 Å². The van der Waals surface area contributed by atoms with Crippen molar-refractivity contribution >= 4 is 25.2 Å². The number of aryl methyl sites for hydroxylation is 1. The summed E-state index contributed by atoms with van der Waals surface area (Å²) in [6, 6.07) is 11.6. The second-order valence-corrected chi connectivity index (χ2v) is 11.8. The molecule has 1 N–H and O–H groups in total. The minimum atomic E-state index is -1.44. The molecule has 0 aliphatic heterocycles. The highest BCUT2D eigenvalue weighted by Crippen LogP contribution is 2.19. The summed E-state index contributed by atoms with van der Waals surface area (Å²) in [5.74, 6) is 3.07. The summed E-state index contributed by atoms with van der Waals surface area (Å²) in [6.07, 6.45) is 3.42. The summed E-state index contributed by atoms with van der Waals surface area (Å²) in [7, 11) is -1.44. The third kappa shape index (κ3) is 3.98. The summed E-state index contributed by atoms with van der Waals surface area (Å²) >= 11 is 0. The number of nitrogens with one attached hydrogen (secondary N) is 1. The van der Waals surface area contributed by atoms with Crippen LogP contribution in [0.2, 0.25) is 19.6 Å². The molecule has 25 heavy (non-hydrogen) atoms. The quantitative estimate of drug-likeness (QED) is 0.560. The van der Waals surface area contributed by atoms with Gasteiger partial charge in [-0.15, -0.1) is 5.54 Å². The van der Waals surface area contributed by atoms with E-state index in [-0.39, 0.29) is 5.91 Å². The van der Waals surface area contributed by atoms with Gasteiger partial charge in [-0.25, -0.2) is 4.52 Å². The Hall–Kier alpha value is -2.84. The number of fused-ring (bicyclic) bond motifs is 1. The fraction of sp³-hybridized carbons (Fsp3) is 0.200. The molecular weight excluding hydrogens is 326 g/mol. The summed E-state index contributed by atoms with van der Waals surface area (Å²) in [6.45, 7) is 8.60. The summed E-state index contributed by atoms with van der Waals surface area (Å²) < 4.78 is 1.69. The summed E-state index contributed by atoms with van der Waals surface area (Å²) in [4.78, 5) is 12.7. The van der Waals surface area contributed by atoms with Gasteiger partial charge in [0, 0.05) is 17.4 Å². The van der Waals surface area contributed by atoms with E-state index in [4.69, 9.17) is 0 Å². The Labute approximate surface area is 148 Å². The van der Waals surface area contributed by atoms with E-state index in [1.54, 1.807) is 10.7 Å². The van der Waals surface area contributed by atoms with E-state index in [1.165, 1.54) is 0 Å². The second kappa shape index (κ2) is 6.58. The van der Waals surface area contributed by atoms with E-state index in [2.05, 4.69) is 41.5 Å². The number of benzene rings is 1. The lowest BCUT2D eigenvalue weighted by Crippen LogP contribution is -2.16. The van der Waals surface area contributed by atoms with Gasteiger partial charge in [0.15, 0.2) is 0 Å². The van der Waals surface area contributed by atoms with Gasteiger partial charge in [-0.05, 0) is 36.8 Å². The molecule has 0 saturated carbocycles. The molecular formula is C20H21N3OSi. The fourth-order valence-corrected chi connectivity index (χ4v) is 2.91. The van der Waals surface area contributed by atoms with Crippen molar-refractivity contribution in [2.45, 2.75) is 26.6 Å². The van der Waals surface area contributed by atoms with Gasteiger partial charge in [-0.3, -0.25) is 4.79 Å². The van der Waals surface area contributed by atoms with Crippen molar-refractivity contribution in [3.63, 3.8) is 0 Å². The van der Waals surface area contributed by atoms with Crippen molar-refractivity contribution in [1.29, 1.82) is 0 Å². The first-order valence-corrected chi connectivity index (χ1v) is 11.7. The van der Waals surface area contributed by atoms with Gasteiger partial charge in [-0.1, -0.05) is 37.7 Å². The normalized spacial score (nSPS) is 11.0. The van der Waals surface area contributed by atoms with E-state index in [1.807, 2.05) is 49.5 Å². The lowest BCUT2D eigenvalue weighted by Gasteiger charge is -2.09. The van der Waals surface area contributed by atoms with E-state index < -0.39 is 8.07 Å². The van der Waals surface area contributed by atoms with Gasteiger partial charge >= 0.3 is 0 Å². The predicted octanol–water partition coefficient (Wildman–Crippen LogP) is 4.12. The number of aromatic nitrogens is 2. The summed E-state index contributed by atoms with van der Waals surface area (Å²) in [5.41, 5.74) is 7.39. The Morgan fingerprint density at radius 2 is 2.00 bits per heavy atom. The van der Waals surface area contributed by atoms with Crippen LogP contribution in [0.1, 0.15) is 21.5 Å². The standard InChI is InChI=1S/C20H21N3OSi/c1-15-8-9-16(10-12-25(2,3)4)13-18(15)22-20(24)17-14-21-23-11-6-5-7-19(17)23/h5-9,11,13-14H,1-4H3,(H,22,24). The van der Waals surface area contributed by atoms with Gasteiger partial charge in [0.1, 0.15) is 8.07 Å². The SMILES string of the molecule is Cc1ccc(C#C[Si](C)(C)C)cc1NC(=O)c1cnn2ccccc12. The van der Waals surface area contributed by atoms with Crippen molar-refractivity contribution in [3.8, 4) is 11.5 Å². The van der Waals surface area contributed by atoms with E-state index in [0.717, 1.165) is 22.3 Å². The average Bonchev–Trinajstić information content (AvgIpc) is 2.99. The summed E-state index contributed by atoms with van der Waals surface area (Å²) in [5, 5.41) is 7.21. The van der Waals surface area contributed by atoms with Crippen molar-refractivity contribution in [1.82, 2.24) is 9.61 Å². The first-order chi connectivity index (χ1) is 11.8. The molecule has 0 aliphatic rings. The maximum Gasteiger partial charge on any atom is 0.259 e. The highest BCUT2D eigenvalue weighted by atomic mass is 28.3. The topological polar surface area (TPSA) is 46.4 Å². The van der Waals surface area contributed by atoms with Crippen LogP contribution in [0.15, 0.2) is 48.8 Å². The number of carbonyl (C=O) groups excluding carboxylic acids is 1. The molecule has 0 radical (unpaired) electrons. The Morgan fingerprint density at radius 3 is 2.76 bits per heavy atom. The van der Waals surface area contributed by atoms with E-state index in [9.17, 15) is 4.79 Å². The second-order valence-electron chi connectivity index (χ2n) is 7.07. The molecule has 0 spiro atoms. The Bertz CT molecular complexity index is 1000. The molecule has 126 valence electrons. The van der Waals surface area contributed by atoms with Crippen LogP contribution in [0, 0.1) is 18.4 Å². The van der Waals surface area contributed by atoms with Crippen LogP contribution < -0.4 is 5.32 Å². The zero-order chi connectivity index (χ0) is 18.0. The maximum absolute atomic E-state index is 12.7. The highest BCUT2D eigenvalue weighted by molar-refractivity contribution is 6.83. The third-order valence-electron chi connectivity index (χ3n) is 3.74. The zero-order valence-electron chi connectivity index (χ0n) is 14.9. The Morgan fingerprint density at radius 1 is 1.20 bits per heavy atom. The molecule has 4 nitrogen and oxygen atoms in total. The van der Waals surface area contributed by atoms with Gasteiger partial charge < -0.3 is 5.32 Å². The van der Waals surface area contributed by atoms with Crippen LogP contribution >= 0.6 is 0 Å². The monoisotopic (exact) mass is 347 g/mol. The first-order valence-electron chi connectivity index (χ1n) is 8.21. The number of carbonyl (C=O) groups is 1. The lowest BCUT2D eigenvalue weighted by molar-refractivity contribution is 0.102. The van der Waals surface area contributed by atoms with Crippen LogP contribution in [-0.2, 0) is 0 Å². The van der Waals surface area contributed by atoms with Crippen molar-refractivity contribution in [2.24, 2.45) is 0 Å². The van der Waals surface area contributed by atoms with E-state index in [0.29, 0.717) is 5.56 Å². The molecule has 0 unspecified atom stereocenters. The van der Waals surface area contributed by atoms with Crippen molar-refractivity contribution in [3.05, 3.63) is 65.5 Å². The van der Waals surface area contributed by atoms with Crippen LogP contribution in [0.3, 0.4) is 0 Å². The predicted molar refractivity (Wildman–Crippen MR) is 105 cm³/mol. The average molecular weight is 347 g/mol. The van der Waals surface area contributed by atoms with Crippen LogP contribution in [0.4, 0.5) is 5.69 Å². The molecule has 0 atom stereocenters. The number of nitrogens with zero attached hydrogens (tertiary/aromatic N) is 2. The molecule has 0 fully saturated rings. The van der Waals surface area contributed by atoms with Crippen molar-refractivity contribution in [2.75, 3.05) is 5.32 Å². The molecule has 1 amide bonds. The molecule has 0 aliphatic carbocycles. The van der Waals surface area contributed by atoms with Crippen LogP contribution in [0.5, 0.6) is 0 Å². The van der Waals surface area contributed by atoms with Crippen LogP contribution in [-0.4, -0.2) is 23.6 Å². The molecule has 5 heteroatoms. The Balaban J connectivity index is 1.89. The lowest BCUT2D eigenvalue weighted by atomic mass is 10.1. The fourth-order valence-electron chi connectivity index (χ4n) is 2.39. The van der Waals surface area contributed by atoms with Gasteiger partial charge in [-0.2, -0.15) is 5.10 Å². The smallest absolute Gasteiger partial charge is 0.259 e. The minimum Gasteiger partial charge on any atom is -0.322 e. The number of amides is 1. The molecule has 3 rings (SSSR count). The zero-order valence-corrected chi connectivity index (χ0v) is 15.9. The molecule has 0 saturated heterocycles. The number of rotatable bonds is 2. The van der Waals surface area contributed by atoms with Gasteiger partial charge in [0.05, 0.1) is 17.3 Å². The maximum atomic E-state index is 12.7. The largest absolute Gasteiger partial charge is 0.322 e. The number of anilines is 1. The molecule has 2 aromatic heterocycles. The minimum absolute atomic E-state index is 0.167. The van der Waals surface area contributed by atoms with Crippen LogP contribution in [0.25, 0.3) is 5.52 Å². The molecule has 0 bridgehead atoms. The number of hydrogen-bond donors (Lipinski definition) is 1. The number of hydrogen-bond acceptors (Lipinski definition) is 2. The van der Waals surface area contributed by atoms with E-state index >= 15 is 0 Å². The highest BCUT2D eigenvalue weighted by Gasteiger charge is 2.14. The number of pyridine rings is 1. The molecule has 3 aromatic rings. The Kier molecular flexibility index (Phi) is 4.47. The molecule has 2 heterocycles.